The van der Waals surface area contributed by atoms with Crippen molar-refractivity contribution in [2.75, 3.05) is 31.6 Å². The Morgan fingerprint density at radius 1 is 1.17 bits per heavy atom. The second kappa shape index (κ2) is 6.99. The van der Waals surface area contributed by atoms with E-state index in [0.717, 1.165) is 31.6 Å². The molecule has 1 aliphatic heterocycles. The fourth-order valence-electron chi connectivity index (χ4n) is 3.17. The fraction of sp³-hybridized carbons (Fsp3) is 0.316. The lowest BCUT2D eigenvalue weighted by atomic mass is 10.1. The first kappa shape index (κ1) is 16.4. The minimum atomic E-state index is -0.995. The topological polar surface area (TPSA) is 23.6 Å². The van der Waals surface area contributed by atoms with Gasteiger partial charge in [-0.3, -0.25) is 4.79 Å². The zero-order chi connectivity index (χ0) is 17.1. The van der Waals surface area contributed by atoms with Crippen molar-refractivity contribution in [3.05, 3.63) is 65.7 Å². The molecule has 2 aromatic rings. The molecule has 1 heterocycles. The summed E-state index contributed by atoms with van der Waals surface area (Å²) in [6.07, 6.45) is 1.00. The summed E-state index contributed by atoms with van der Waals surface area (Å²) in [7, 11) is 1.70. The molecule has 2 aromatic carbocycles. The van der Waals surface area contributed by atoms with Crippen LogP contribution in [-0.4, -0.2) is 37.5 Å². The lowest BCUT2D eigenvalue weighted by Gasteiger charge is -2.22. The molecule has 1 amide bonds. The fourth-order valence-corrected chi connectivity index (χ4v) is 3.17. The van der Waals surface area contributed by atoms with Gasteiger partial charge in [-0.05, 0) is 42.7 Å². The van der Waals surface area contributed by atoms with Gasteiger partial charge in [-0.15, -0.1) is 0 Å². The number of carbonyl (C=O) groups excluding carboxylic acids is 1. The standard InChI is InChI=1S/C19H20F2N2O/c1-22(19(24)15-7-8-17(20)18(21)11-15)12-14-9-10-23(13-14)16-5-3-2-4-6-16/h2-8,11,14H,9-10,12-13H2,1H3/t14-/m0/s1. The number of halogens is 2. The molecule has 0 spiro atoms. The molecule has 0 radical (unpaired) electrons. The number of anilines is 1. The van der Waals surface area contributed by atoms with Crippen molar-refractivity contribution < 1.29 is 13.6 Å². The minimum Gasteiger partial charge on any atom is -0.371 e. The van der Waals surface area contributed by atoms with Gasteiger partial charge in [-0.2, -0.15) is 0 Å². The highest BCUT2D eigenvalue weighted by Gasteiger charge is 2.25. The summed E-state index contributed by atoms with van der Waals surface area (Å²) in [5.41, 5.74) is 1.36. The summed E-state index contributed by atoms with van der Waals surface area (Å²) >= 11 is 0. The largest absolute Gasteiger partial charge is 0.371 e. The Morgan fingerprint density at radius 3 is 2.62 bits per heavy atom. The summed E-state index contributed by atoms with van der Waals surface area (Å²) in [6.45, 7) is 2.45. The molecule has 1 saturated heterocycles. The van der Waals surface area contributed by atoms with E-state index in [2.05, 4.69) is 17.0 Å². The van der Waals surface area contributed by atoms with Crippen LogP contribution in [0.4, 0.5) is 14.5 Å². The number of benzene rings is 2. The summed E-state index contributed by atoms with van der Waals surface area (Å²) in [5.74, 6) is -1.86. The van der Waals surface area contributed by atoms with Crippen LogP contribution in [0.1, 0.15) is 16.8 Å². The summed E-state index contributed by atoms with van der Waals surface area (Å²) in [6, 6.07) is 13.5. The Kier molecular flexibility index (Phi) is 4.79. The van der Waals surface area contributed by atoms with Crippen LogP contribution in [0.15, 0.2) is 48.5 Å². The third-order valence-electron chi connectivity index (χ3n) is 4.45. The van der Waals surface area contributed by atoms with Crippen LogP contribution in [0, 0.1) is 17.6 Å². The van der Waals surface area contributed by atoms with Crippen LogP contribution in [0.3, 0.4) is 0 Å². The van der Waals surface area contributed by atoms with Crippen LogP contribution in [0.25, 0.3) is 0 Å². The van der Waals surface area contributed by atoms with Gasteiger partial charge in [0.05, 0.1) is 0 Å². The Bertz CT molecular complexity index is 721. The maximum atomic E-state index is 13.3. The first-order valence-electron chi connectivity index (χ1n) is 8.05. The molecule has 0 aromatic heterocycles. The van der Waals surface area contributed by atoms with Gasteiger partial charge in [-0.25, -0.2) is 8.78 Å². The lowest BCUT2D eigenvalue weighted by Crippen LogP contribution is -2.33. The average molecular weight is 330 g/mol. The number of carbonyl (C=O) groups is 1. The summed E-state index contributed by atoms with van der Waals surface area (Å²) < 4.78 is 26.3. The van der Waals surface area contributed by atoms with Gasteiger partial charge in [0.15, 0.2) is 11.6 Å². The minimum absolute atomic E-state index is 0.175. The average Bonchev–Trinajstić information content (AvgIpc) is 3.06. The molecule has 0 N–H and O–H groups in total. The monoisotopic (exact) mass is 330 g/mol. The number of hydrogen-bond donors (Lipinski definition) is 0. The molecule has 5 heteroatoms. The molecular weight excluding hydrogens is 310 g/mol. The Balaban J connectivity index is 1.60. The molecule has 1 aliphatic rings. The predicted octanol–water partition coefficient (Wildman–Crippen LogP) is 3.56. The Hall–Kier alpha value is -2.43. The number of para-hydroxylation sites is 1. The van der Waals surface area contributed by atoms with Gasteiger partial charge < -0.3 is 9.80 Å². The Morgan fingerprint density at radius 2 is 1.92 bits per heavy atom. The third kappa shape index (κ3) is 3.55. The molecule has 0 saturated carbocycles. The van der Waals surface area contributed by atoms with E-state index in [0.29, 0.717) is 12.5 Å². The maximum absolute atomic E-state index is 13.3. The summed E-state index contributed by atoms with van der Waals surface area (Å²) in [4.78, 5) is 16.3. The lowest BCUT2D eigenvalue weighted by molar-refractivity contribution is 0.0776. The second-order valence-corrected chi connectivity index (χ2v) is 6.25. The van der Waals surface area contributed by atoms with Crippen LogP contribution >= 0.6 is 0 Å². The molecule has 24 heavy (non-hydrogen) atoms. The molecule has 0 bridgehead atoms. The van der Waals surface area contributed by atoms with E-state index in [-0.39, 0.29) is 11.5 Å². The van der Waals surface area contributed by atoms with Crippen LogP contribution in [0.2, 0.25) is 0 Å². The molecule has 3 rings (SSSR count). The smallest absolute Gasteiger partial charge is 0.253 e. The second-order valence-electron chi connectivity index (χ2n) is 6.25. The first-order valence-corrected chi connectivity index (χ1v) is 8.05. The van der Waals surface area contributed by atoms with Gasteiger partial charge in [0.1, 0.15) is 0 Å². The zero-order valence-corrected chi connectivity index (χ0v) is 13.6. The molecule has 1 fully saturated rings. The number of hydrogen-bond acceptors (Lipinski definition) is 2. The van der Waals surface area contributed by atoms with Crippen molar-refractivity contribution in [2.24, 2.45) is 5.92 Å². The zero-order valence-electron chi connectivity index (χ0n) is 13.6. The van der Waals surface area contributed by atoms with E-state index in [9.17, 15) is 13.6 Å². The summed E-state index contributed by atoms with van der Waals surface area (Å²) in [5, 5.41) is 0. The molecule has 1 atom stereocenters. The number of rotatable bonds is 4. The predicted molar refractivity (Wildman–Crippen MR) is 90.1 cm³/mol. The van der Waals surface area contributed by atoms with Crippen LogP contribution < -0.4 is 4.90 Å². The molecule has 126 valence electrons. The van der Waals surface area contributed by atoms with Gasteiger partial charge >= 0.3 is 0 Å². The van der Waals surface area contributed by atoms with Gasteiger partial charge in [0.2, 0.25) is 0 Å². The highest BCUT2D eigenvalue weighted by atomic mass is 19.2. The highest BCUT2D eigenvalue weighted by Crippen LogP contribution is 2.24. The maximum Gasteiger partial charge on any atom is 0.253 e. The van der Waals surface area contributed by atoms with Crippen molar-refractivity contribution in [3.63, 3.8) is 0 Å². The molecule has 0 aliphatic carbocycles. The molecule has 0 unspecified atom stereocenters. The number of amides is 1. The quantitative estimate of drug-likeness (QED) is 0.856. The molecule has 3 nitrogen and oxygen atoms in total. The van der Waals surface area contributed by atoms with Gasteiger partial charge in [0.25, 0.3) is 5.91 Å². The van der Waals surface area contributed by atoms with Gasteiger partial charge in [0, 0.05) is 37.9 Å². The SMILES string of the molecule is CN(C[C@@H]1CCN(c2ccccc2)C1)C(=O)c1ccc(F)c(F)c1. The molecular formula is C19H20F2N2O. The first-order chi connectivity index (χ1) is 11.5. The van der Waals surface area contributed by atoms with Crippen molar-refractivity contribution in [1.82, 2.24) is 4.90 Å². The van der Waals surface area contributed by atoms with Crippen molar-refractivity contribution in [2.45, 2.75) is 6.42 Å². The van der Waals surface area contributed by atoms with Crippen molar-refractivity contribution in [3.8, 4) is 0 Å². The van der Waals surface area contributed by atoms with Gasteiger partial charge in [-0.1, -0.05) is 18.2 Å². The van der Waals surface area contributed by atoms with E-state index in [4.69, 9.17) is 0 Å². The normalized spacial score (nSPS) is 17.1. The third-order valence-corrected chi connectivity index (χ3v) is 4.45. The van der Waals surface area contributed by atoms with Crippen molar-refractivity contribution in [1.29, 1.82) is 0 Å². The van der Waals surface area contributed by atoms with E-state index in [1.807, 2.05) is 18.2 Å². The van der Waals surface area contributed by atoms with Crippen LogP contribution in [0.5, 0.6) is 0 Å². The van der Waals surface area contributed by atoms with Crippen LogP contribution in [-0.2, 0) is 0 Å². The van der Waals surface area contributed by atoms with E-state index in [1.54, 1.807) is 11.9 Å². The van der Waals surface area contributed by atoms with E-state index >= 15 is 0 Å². The number of nitrogens with zero attached hydrogens (tertiary/aromatic N) is 2. The van der Waals surface area contributed by atoms with E-state index in [1.165, 1.54) is 11.8 Å². The van der Waals surface area contributed by atoms with Crippen molar-refractivity contribution >= 4 is 11.6 Å². The highest BCUT2D eigenvalue weighted by molar-refractivity contribution is 5.94. The van der Waals surface area contributed by atoms with E-state index < -0.39 is 11.6 Å². The Labute approximate surface area is 140 Å².